The van der Waals surface area contributed by atoms with E-state index >= 15 is 0 Å². The maximum atomic E-state index is 12.6. The molecule has 5 nitrogen and oxygen atoms in total. The summed E-state index contributed by atoms with van der Waals surface area (Å²) in [5, 5.41) is 3.27. The number of fused-ring (bicyclic) bond motifs is 1. The Hall–Kier alpha value is -1.11. The van der Waals surface area contributed by atoms with Crippen LogP contribution in [0.3, 0.4) is 0 Å². The van der Waals surface area contributed by atoms with Crippen LogP contribution in [-0.4, -0.2) is 34.7 Å². The molecule has 1 saturated heterocycles. The summed E-state index contributed by atoms with van der Waals surface area (Å²) in [5.74, 6) is 0.284. The van der Waals surface area contributed by atoms with E-state index in [0.29, 0.717) is 18.0 Å². The topological polar surface area (TPSA) is 67.4 Å². The summed E-state index contributed by atoms with van der Waals surface area (Å²) in [6, 6.07) is 5.45. The van der Waals surface area contributed by atoms with Crippen molar-refractivity contribution in [3.8, 4) is 0 Å². The number of sulfonamides is 1. The van der Waals surface area contributed by atoms with Crippen molar-refractivity contribution in [3.63, 3.8) is 0 Å². The smallest absolute Gasteiger partial charge is 0.240 e. The minimum absolute atomic E-state index is 0.284. The van der Waals surface area contributed by atoms with Gasteiger partial charge in [-0.15, -0.1) is 0 Å². The Morgan fingerprint density at radius 1 is 1.33 bits per heavy atom. The molecule has 6 heteroatoms. The average molecular weight is 310 g/mol. The molecule has 2 aliphatic rings. The summed E-state index contributed by atoms with van der Waals surface area (Å²) in [5.41, 5.74) is 1.86. The van der Waals surface area contributed by atoms with E-state index in [9.17, 15) is 8.42 Å². The van der Waals surface area contributed by atoms with E-state index in [4.69, 9.17) is 4.74 Å². The van der Waals surface area contributed by atoms with Gasteiger partial charge in [-0.1, -0.05) is 6.07 Å². The third kappa shape index (κ3) is 3.39. The van der Waals surface area contributed by atoms with Gasteiger partial charge in [0.15, 0.2) is 0 Å². The lowest BCUT2D eigenvalue weighted by molar-refractivity contribution is 0.0568. The predicted molar refractivity (Wildman–Crippen MR) is 82.0 cm³/mol. The Bertz CT molecular complexity index is 595. The Morgan fingerprint density at radius 2 is 2.24 bits per heavy atom. The van der Waals surface area contributed by atoms with Gasteiger partial charge in [-0.2, -0.15) is 0 Å². The van der Waals surface area contributed by atoms with Crippen LogP contribution in [0.1, 0.15) is 24.8 Å². The number of hydrogen-bond acceptors (Lipinski definition) is 4. The Morgan fingerprint density at radius 3 is 3.05 bits per heavy atom. The van der Waals surface area contributed by atoms with Crippen molar-refractivity contribution in [1.29, 1.82) is 0 Å². The molecule has 0 aliphatic carbocycles. The zero-order chi connectivity index (χ0) is 14.7. The lowest BCUT2D eigenvalue weighted by Gasteiger charge is -2.24. The van der Waals surface area contributed by atoms with E-state index in [1.807, 2.05) is 6.07 Å². The number of benzene rings is 1. The van der Waals surface area contributed by atoms with E-state index in [2.05, 4.69) is 10.0 Å². The van der Waals surface area contributed by atoms with Crippen molar-refractivity contribution >= 4 is 15.7 Å². The first-order chi connectivity index (χ1) is 10.2. The second-order valence-electron chi connectivity index (χ2n) is 5.75. The van der Waals surface area contributed by atoms with Crippen LogP contribution in [0.2, 0.25) is 0 Å². The Labute approximate surface area is 126 Å². The van der Waals surface area contributed by atoms with Crippen molar-refractivity contribution in [2.45, 2.75) is 30.6 Å². The lowest BCUT2D eigenvalue weighted by atomic mass is 10.0. The molecule has 0 aromatic heterocycles. The minimum atomic E-state index is -3.45. The Kier molecular flexibility index (Phi) is 4.47. The molecule has 3 rings (SSSR count). The second-order valence-corrected chi connectivity index (χ2v) is 7.48. The fraction of sp³-hybridized carbons (Fsp3) is 0.600. The fourth-order valence-corrected chi connectivity index (χ4v) is 4.41. The number of anilines is 1. The van der Waals surface area contributed by atoms with Gasteiger partial charge in [-0.05, 0) is 49.3 Å². The van der Waals surface area contributed by atoms with Crippen LogP contribution < -0.4 is 10.0 Å². The van der Waals surface area contributed by atoms with Crippen LogP contribution in [-0.2, 0) is 21.2 Å². The van der Waals surface area contributed by atoms with Crippen LogP contribution >= 0.6 is 0 Å². The molecule has 1 fully saturated rings. The summed E-state index contributed by atoms with van der Waals surface area (Å²) in [7, 11) is -3.45. The van der Waals surface area contributed by atoms with Gasteiger partial charge in [0.25, 0.3) is 0 Å². The zero-order valence-corrected chi connectivity index (χ0v) is 12.9. The van der Waals surface area contributed by atoms with Crippen LogP contribution in [0.4, 0.5) is 5.69 Å². The van der Waals surface area contributed by atoms with Gasteiger partial charge in [-0.3, -0.25) is 0 Å². The molecule has 116 valence electrons. The molecular weight excluding hydrogens is 288 g/mol. The van der Waals surface area contributed by atoms with Crippen molar-refractivity contribution < 1.29 is 13.2 Å². The normalized spacial score (nSPS) is 22.4. The molecule has 0 saturated carbocycles. The lowest BCUT2D eigenvalue weighted by Crippen LogP contribution is -2.34. The molecular formula is C15H22N2O3S. The molecule has 1 aromatic carbocycles. The van der Waals surface area contributed by atoms with E-state index in [1.54, 1.807) is 12.1 Å². The first-order valence-electron chi connectivity index (χ1n) is 7.60. The summed E-state index contributed by atoms with van der Waals surface area (Å²) < 4.78 is 33.3. The summed E-state index contributed by atoms with van der Waals surface area (Å²) in [6.45, 7) is 2.81. The van der Waals surface area contributed by atoms with Crippen LogP contribution in [0.5, 0.6) is 0 Å². The van der Waals surface area contributed by atoms with Gasteiger partial charge in [0, 0.05) is 25.4 Å². The van der Waals surface area contributed by atoms with Crippen molar-refractivity contribution in [1.82, 2.24) is 4.72 Å². The minimum Gasteiger partial charge on any atom is -0.385 e. The average Bonchev–Trinajstić information content (AvgIpc) is 2.53. The number of nitrogens with one attached hydrogen (secondary N) is 2. The molecule has 0 amide bonds. The molecule has 2 aliphatic heterocycles. The second kappa shape index (κ2) is 6.34. The highest BCUT2D eigenvalue weighted by Crippen LogP contribution is 2.28. The third-order valence-corrected chi connectivity index (χ3v) is 5.67. The van der Waals surface area contributed by atoms with Crippen LogP contribution in [0.25, 0.3) is 0 Å². The molecule has 0 radical (unpaired) electrons. The maximum Gasteiger partial charge on any atom is 0.240 e. The number of ether oxygens (including phenoxy) is 1. The van der Waals surface area contributed by atoms with E-state index < -0.39 is 10.0 Å². The molecule has 1 unspecified atom stereocenters. The summed E-state index contributed by atoms with van der Waals surface area (Å²) >= 11 is 0. The first-order valence-corrected chi connectivity index (χ1v) is 9.08. The van der Waals surface area contributed by atoms with E-state index in [-0.39, 0.29) is 5.92 Å². The van der Waals surface area contributed by atoms with Gasteiger partial charge < -0.3 is 10.1 Å². The molecule has 2 heterocycles. The van der Waals surface area contributed by atoms with Crippen LogP contribution in [0.15, 0.2) is 23.1 Å². The first kappa shape index (κ1) is 14.8. The highest BCUT2D eigenvalue weighted by atomic mass is 32.2. The molecule has 21 heavy (non-hydrogen) atoms. The highest BCUT2D eigenvalue weighted by Gasteiger charge is 2.24. The van der Waals surface area contributed by atoms with Gasteiger partial charge in [-0.25, -0.2) is 13.1 Å². The zero-order valence-electron chi connectivity index (χ0n) is 12.1. The van der Waals surface area contributed by atoms with Crippen molar-refractivity contribution in [2.24, 2.45) is 5.92 Å². The molecule has 0 bridgehead atoms. The standard InChI is InChI=1S/C15H22N2O3S/c18-21(19,17-10-12-4-3-9-20-11-12)15-7-1-6-14-13(15)5-2-8-16-14/h1,6-7,12,16-17H,2-5,8-11H2. The molecule has 1 atom stereocenters. The van der Waals surface area contributed by atoms with Gasteiger partial charge in [0.05, 0.1) is 11.5 Å². The molecule has 1 aromatic rings. The SMILES string of the molecule is O=S(=O)(NCC1CCCOC1)c1cccc2c1CCCN2. The fourth-order valence-electron chi connectivity index (χ4n) is 3.00. The monoisotopic (exact) mass is 310 g/mol. The van der Waals surface area contributed by atoms with Crippen molar-refractivity contribution in [2.75, 3.05) is 31.6 Å². The van der Waals surface area contributed by atoms with Gasteiger partial charge >= 0.3 is 0 Å². The summed E-state index contributed by atoms with van der Waals surface area (Å²) in [6.07, 6.45) is 3.82. The molecule has 2 N–H and O–H groups in total. The van der Waals surface area contributed by atoms with Gasteiger partial charge in [0.1, 0.15) is 0 Å². The number of rotatable bonds is 4. The van der Waals surface area contributed by atoms with Crippen molar-refractivity contribution in [3.05, 3.63) is 23.8 Å². The number of hydrogen-bond donors (Lipinski definition) is 2. The predicted octanol–water partition coefficient (Wildman–Crippen LogP) is 1.75. The summed E-state index contributed by atoms with van der Waals surface area (Å²) in [4.78, 5) is 0.420. The van der Waals surface area contributed by atoms with Gasteiger partial charge in [0.2, 0.25) is 10.0 Å². The Balaban J connectivity index is 1.75. The van der Waals surface area contributed by atoms with Crippen LogP contribution in [0, 0.1) is 5.92 Å². The largest absolute Gasteiger partial charge is 0.385 e. The van der Waals surface area contributed by atoms with E-state index in [0.717, 1.165) is 50.1 Å². The van der Waals surface area contributed by atoms with E-state index in [1.165, 1.54) is 0 Å². The maximum absolute atomic E-state index is 12.6. The third-order valence-electron chi connectivity index (χ3n) is 4.16. The quantitative estimate of drug-likeness (QED) is 0.889. The highest BCUT2D eigenvalue weighted by molar-refractivity contribution is 7.89. The molecule has 0 spiro atoms.